The van der Waals surface area contributed by atoms with Crippen LogP contribution in [0, 0.1) is 0 Å². The molecule has 27 heavy (non-hydrogen) atoms. The Morgan fingerprint density at radius 1 is 1.07 bits per heavy atom. The van der Waals surface area contributed by atoms with Crippen molar-refractivity contribution in [3.05, 3.63) is 70.1 Å². The molecular weight excluding hydrogens is 415 g/mol. The zero-order valence-electron chi connectivity index (χ0n) is 13.9. The first kappa shape index (κ1) is 19.8. The minimum absolute atomic E-state index is 0.300. The van der Waals surface area contributed by atoms with Crippen molar-refractivity contribution in [2.24, 2.45) is 0 Å². The molecule has 0 atom stereocenters. The topological polar surface area (TPSA) is 29.1 Å². The second-order valence-corrected chi connectivity index (χ2v) is 8.14. The predicted octanol–water partition coefficient (Wildman–Crippen LogP) is 7.06. The van der Waals surface area contributed by atoms with Gasteiger partial charge in [-0.1, -0.05) is 23.7 Å². The minimum atomic E-state index is -4.41. The first-order chi connectivity index (χ1) is 12.8. The van der Waals surface area contributed by atoms with Gasteiger partial charge < -0.3 is 5.32 Å². The van der Waals surface area contributed by atoms with E-state index in [1.54, 1.807) is 12.1 Å². The lowest BCUT2D eigenvalue weighted by Crippen LogP contribution is -2.12. The van der Waals surface area contributed by atoms with Gasteiger partial charge in [-0.15, -0.1) is 23.1 Å². The molecule has 2 aromatic carbocycles. The molecule has 0 aliphatic rings. The highest BCUT2D eigenvalue weighted by Gasteiger charge is 2.30. The van der Waals surface area contributed by atoms with Gasteiger partial charge in [0.1, 0.15) is 4.88 Å². The highest BCUT2D eigenvalue weighted by Crippen LogP contribution is 2.37. The summed E-state index contributed by atoms with van der Waals surface area (Å²) in [4.78, 5) is 13.2. The third-order valence-electron chi connectivity index (χ3n) is 3.74. The molecule has 1 aromatic heterocycles. The summed E-state index contributed by atoms with van der Waals surface area (Å²) in [6.07, 6.45) is -2.50. The Kier molecular flexibility index (Phi) is 5.83. The second kappa shape index (κ2) is 7.96. The monoisotopic (exact) mass is 427 g/mol. The molecule has 8 heteroatoms. The molecule has 1 N–H and O–H groups in total. The molecule has 2 nitrogen and oxygen atoms in total. The van der Waals surface area contributed by atoms with E-state index in [0.717, 1.165) is 27.5 Å². The van der Waals surface area contributed by atoms with Crippen LogP contribution in [-0.4, -0.2) is 12.2 Å². The third kappa shape index (κ3) is 4.66. The smallest absolute Gasteiger partial charge is 0.321 e. The molecule has 0 saturated carbocycles. The largest absolute Gasteiger partial charge is 0.416 e. The maximum atomic E-state index is 12.7. The van der Waals surface area contributed by atoms with Crippen LogP contribution in [0.15, 0.2) is 58.8 Å². The van der Waals surface area contributed by atoms with E-state index >= 15 is 0 Å². The van der Waals surface area contributed by atoms with Crippen LogP contribution in [0.1, 0.15) is 15.2 Å². The van der Waals surface area contributed by atoms with Gasteiger partial charge in [0.05, 0.1) is 9.77 Å². The number of amides is 1. The molecule has 3 rings (SSSR count). The normalized spacial score (nSPS) is 11.4. The van der Waals surface area contributed by atoms with Crippen molar-refractivity contribution in [3.63, 3.8) is 0 Å². The summed E-state index contributed by atoms with van der Waals surface area (Å²) in [6.45, 7) is 0. The zero-order valence-corrected chi connectivity index (χ0v) is 16.3. The Bertz CT molecular complexity index is 951. The molecule has 0 bridgehead atoms. The molecule has 0 spiro atoms. The highest BCUT2D eigenvalue weighted by molar-refractivity contribution is 8.00. The van der Waals surface area contributed by atoms with Crippen LogP contribution in [0.2, 0.25) is 5.02 Å². The first-order valence-corrected chi connectivity index (χ1v) is 10.1. The summed E-state index contributed by atoms with van der Waals surface area (Å²) in [6, 6.07) is 13.4. The highest BCUT2D eigenvalue weighted by atomic mass is 35.5. The first-order valence-electron chi connectivity index (χ1n) is 7.70. The Hall–Kier alpha value is -1.96. The van der Waals surface area contributed by atoms with E-state index in [-0.39, 0.29) is 5.91 Å². The maximum Gasteiger partial charge on any atom is 0.416 e. The lowest BCUT2D eigenvalue weighted by atomic mass is 10.1. The van der Waals surface area contributed by atoms with Gasteiger partial charge in [0.15, 0.2) is 0 Å². The van der Waals surface area contributed by atoms with Gasteiger partial charge in [-0.25, -0.2) is 0 Å². The van der Waals surface area contributed by atoms with Crippen molar-refractivity contribution in [1.82, 2.24) is 0 Å². The van der Waals surface area contributed by atoms with Crippen molar-refractivity contribution in [2.75, 3.05) is 11.6 Å². The van der Waals surface area contributed by atoms with E-state index in [4.69, 9.17) is 11.6 Å². The molecule has 140 valence electrons. The van der Waals surface area contributed by atoms with Gasteiger partial charge in [-0.3, -0.25) is 4.79 Å². The van der Waals surface area contributed by atoms with E-state index in [2.05, 4.69) is 5.32 Å². The molecule has 1 amide bonds. The number of benzene rings is 2. The molecule has 3 aromatic rings. The summed E-state index contributed by atoms with van der Waals surface area (Å²) < 4.78 is 38.9. The third-order valence-corrected chi connectivity index (χ3v) is 6.19. The Morgan fingerprint density at radius 2 is 1.70 bits per heavy atom. The number of carbonyl (C=O) groups excluding carboxylic acids is 1. The number of hydrogen-bond donors (Lipinski definition) is 1. The standard InChI is InChI=1S/C19H13ClF3NOS2/c1-26-16-10-15(11-2-6-13(20)7-3-11)17(27-16)18(25)24-14-8-4-12(5-9-14)19(21,22)23/h2-10H,1H3,(H,24,25). The van der Waals surface area contributed by atoms with Crippen LogP contribution >= 0.6 is 34.7 Å². The fraction of sp³-hybridized carbons (Fsp3) is 0.105. The van der Waals surface area contributed by atoms with Crippen LogP contribution in [0.4, 0.5) is 18.9 Å². The van der Waals surface area contributed by atoms with Gasteiger partial charge in [-0.2, -0.15) is 13.2 Å². The summed E-state index contributed by atoms with van der Waals surface area (Å²) >= 11 is 8.77. The Balaban J connectivity index is 1.88. The van der Waals surface area contributed by atoms with Crippen molar-refractivity contribution in [3.8, 4) is 11.1 Å². The lowest BCUT2D eigenvalue weighted by Gasteiger charge is -2.09. The fourth-order valence-corrected chi connectivity index (χ4v) is 4.17. The van der Waals surface area contributed by atoms with Crippen molar-refractivity contribution >= 4 is 46.3 Å². The minimum Gasteiger partial charge on any atom is -0.321 e. The number of carbonyl (C=O) groups is 1. The van der Waals surface area contributed by atoms with Crippen LogP contribution in [-0.2, 0) is 6.18 Å². The summed E-state index contributed by atoms with van der Waals surface area (Å²) in [5.74, 6) is -0.370. The number of anilines is 1. The van der Waals surface area contributed by atoms with Gasteiger partial charge in [-0.05, 0) is 54.3 Å². The number of alkyl halides is 3. The second-order valence-electron chi connectivity index (χ2n) is 5.55. The SMILES string of the molecule is CSc1cc(-c2ccc(Cl)cc2)c(C(=O)Nc2ccc(C(F)(F)F)cc2)s1. The van der Waals surface area contributed by atoms with Crippen LogP contribution < -0.4 is 5.32 Å². The Labute approximate surface area is 167 Å². The average Bonchev–Trinajstić information content (AvgIpc) is 3.06. The van der Waals surface area contributed by atoms with E-state index in [0.29, 0.717) is 15.6 Å². The molecule has 0 aliphatic carbocycles. The fourth-order valence-electron chi connectivity index (χ4n) is 2.41. The summed E-state index contributed by atoms with van der Waals surface area (Å²) in [5, 5.41) is 3.26. The number of halogens is 4. The molecule has 0 fully saturated rings. The Morgan fingerprint density at radius 3 is 2.26 bits per heavy atom. The lowest BCUT2D eigenvalue weighted by molar-refractivity contribution is -0.137. The zero-order chi connectivity index (χ0) is 19.6. The molecule has 0 radical (unpaired) electrons. The van der Waals surface area contributed by atoms with Crippen molar-refractivity contribution in [1.29, 1.82) is 0 Å². The quantitative estimate of drug-likeness (QED) is 0.451. The van der Waals surface area contributed by atoms with Gasteiger partial charge >= 0.3 is 6.18 Å². The molecule has 1 heterocycles. The van der Waals surface area contributed by atoms with Crippen LogP contribution in [0.3, 0.4) is 0 Å². The van der Waals surface area contributed by atoms with E-state index in [1.165, 1.54) is 35.2 Å². The van der Waals surface area contributed by atoms with Gasteiger partial charge in [0.25, 0.3) is 5.91 Å². The van der Waals surface area contributed by atoms with Crippen LogP contribution in [0.5, 0.6) is 0 Å². The predicted molar refractivity (Wildman–Crippen MR) is 106 cm³/mol. The summed E-state index contributed by atoms with van der Waals surface area (Å²) in [7, 11) is 0. The van der Waals surface area contributed by atoms with Gasteiger partial charge in [0, 0.05) is 16.3 Å². The number of rotatable bonds is 4. The number of thiophene rings is 1. The van der Waals surface area contributed by atoms with E-state index in [9.17, 15) is 18.0 Å². The van der Waals surface area contributed by atoms with Crippen molar-refractivity contribution in [2.45, 2.75) is 10.4 Å². The average molecular weight is 428 g/mol. The van der Waals surface area contributed by atoms with Crippen LogP contribution in [0.25, 0.3) is 11.1 Å². The van der Waals surface area contributed by atoms with E-state index in [1.807, 2.05) is 24.5 Å². The molecular formula is C19H13ClF3NOS2. The van der Waals surface area contributed by atoms with Gasteiger partial charge in [0.2, 0.25) is 0 Å². The number of hydrogen-bond acceptors (Lipinski definition) is 3. The molecule has 0 aliphatic heterocycles. The summed E-state index contributed by atoms with van der Waals surface area (Å²) in [5.41, 5.74) is 1.14. The van der Waals surface area contributed by atoms with E-state index < -0.39 is 11.7 Å². The molecule has 0 unspecified atom stereocenters. The maximum absolute atomic E-state index is 12.7. The number of nitrogens with one attached hydrogen (secondary N) is 1. The molecule has 0 saturated heterocycles. The number of thioether (sulfide) groups is 1. The van der Waals surface area contributed by atoms with Crippen molar-refractivity contribution < 1.29 is 18.0 Å².